The number of carbonyl (C=O) groups is 2. The molecule has 0 bridgehead atoms. The summed E-state index contributed by atoms with van der Waals surface area (Å²) in [6.45, 7) is 1.18. The number of hydrogen-bond donors (Lipinski definition) is 1. The monoisotopic (exact) mass is 423 g/mol. The van der Waals surface area contributed by atoms with Crippen LogP contribution >= 0.6 is 0 Å². The van der Waals surface area contributed by atoms with Crippen LogP contribution in [0.2, 0.25) is 0 Å². The van der Waals surface area contributed by atoms with E-state index in [4.69, 9.17) is 4.74 Å². The van der Waals surface area contributed by atoms with E-state index in [0.29, 0.717) is 11.4 Å². The van der Waals surface area contributed by atoms with Crippen LogP contribution in [-0.2, 0) is 19.6 Å². The van der Waals surface area contributed by atoms with Crippen molar-refractivity contribution >= 4 is 27.5 Å². The molecule has 1 atom stereocenters. The summed E-state index contributed by atoms with van der Waals surface area (Å²) >= 11 is 0. The van der Waals surface area contributed by atoms with Gasteiger partial charge in [-0.15, -0.1) is 0 Å². The van der Waals surface area contributed by atoms with Gasteiger partial charge in [-0.05, 0) is 31.9 Å². The van der Waals surface area contributed by atoms with E-state index in [2.05, 4.69) is 5.32 Å². The van der Waals surface area contributed by atoms with Gasteiger partial charge in [0.05, 0.1) is 25.6 Å². The second-order valence-electron chi connectivity index (χ2n) is 8.01. The van der Waals surface area contributed by atoms with Gasteiger partial charge in [-0.2, -0.15) is 4.31 Å². The van der Waals surface area contributed by atoms with Gasteiger partial charge in [0, 0.05) is 12.6 Å². The average Bonchev–Trinajstić information content (AvgIpc) is 2.68. The van der Waals surface area contributed by atoms with E-state index in [0.717, 1.165) is 42.7 Å². The molecule has 2 fully saturated rings. The fourth-order valence-corrected chi connectivity index (χ4v) is 5.01. The quantitative estimate of drug-likeness (QED) is 0.775. The number of ether oxygens (including phenoxy) is 1. The van der Waals surface area contributed by atoms with Crippen LogP contribution in [0.3, 0.4) is 0 Å². The zero-order chi connectivity index (χ0) is 21.2. The molecule has 0 aromatic heterocycles. The molecule has 1 saturated carbocycles. The molecule has 1 saturated heterocycles. The van der Waals surface area contributed by atoms with E-state index in [1.54, 1.807) is 31.2 Å². The lowest BCUT2D eigenvalue weighted by Gasteiger charge is -2.47. The van der Waals surface area contributed by atoms with Crippen molar-refractivity contribution in [2.45, 2.75) is 50.6 Å². The number of sulfonamides is 1. The predicted octanol–water partition coefficient (Wildman–Crippen LogP) is 1.51. The molecule has 8 nitrogen and oxygen atoms in total. The van der Waals surface area contributed by atoms with Crippen LogP contribution in [-0.4, -0.2) is 62.6 Å². The van der Waals surface area contributed by atoms with Crippen LogP contribution in [0.5, 0.6) is 5.75 Å². The Morgan fingerprint density at radius 1 is 1.21 bits per heavy atom. The fraction of sp³-hybridized carbons (Fsp3) is 0.600. The van der Waals surface area contributed by atoms with Crippen molar-refractivity contribution in [2.75, 3.05) is 31.4 Å². The van der Waals surface area contributed by atoms with Crippen molar-refractivity contribution in [3.63, 3.8) is 0 Å². The summed E-state index contributed by atoms with van der Waals surface area (Å²) < 4.78 is 30.9. The zero-order valence-electron chi connectivity index (χ0n) is 17.2. The Balaban J connectivity index is 2.01. The molecule has 0 unspecified atom stereocenters. The topological polar surface area (TPSA) is 96.0 Å². The van der Waals surface area contributed by atoms with Crippen LogP contribution in [0.25, 0.3) is 0 Å². The minimum Gasteiger partial charge on any atom is -0.495 e. The first kappa shape index (κ1) is 21.6. The number of carbonyl (C=O) groups excluding carboxylic acids is 2. The lowest BCUT2D eigenvalue weighted by molar-refractivity contribution is -0.133. The smallest absolute Gasteiger partial charge is 0.247 e. The minimum atomic E-state index is -3.64. The molecule has 1 aliphatic heterocycles. The summed E-state index contributed by atoms with van der Waals surface area (Å²) in [5.41, 5.74) is -0.945. The van der Waals surface area contributed by atoms with Gasteiger partial charge in [-0.3, -0.25) is 14.5 Å². The molecule has 29 heavy (non-hydrogen) atoms. The number of piperazine rings is 1. The van der Waals surface area contributed by atoms with Gasteiger partial charge >= 0.3 is 0 Å². The number of anilines is 1. The Morgan fingerprint density at radius 3 is 2.48 bits per heavy atom. The molecule has 3 rings (SSSR count). The maximum Gasteiger partial charge on any atom is 0.247 e. The van der Waals surface area contributed by atoms with Crippen molar-refractivity contribution in [3.8, 4) is 5.75 Å². The Kier molecular flexibility index (Phi) is 6.19. The van der Waals surface area contributed by atoms with Gasteiger partial charge < -0.3 is 10.1 Å². The molecule has 2 amide bonds. The Bertz CT molecular complexity index is 882. The van der Waals surface area contributed by atoms with Crippen LogP contribution < -0.4 is 15.0 Å². The Hall–Kier alpha value is -2.13. The maximum atomic E-state index is 13.4. The number of hydrogen-bond acceptors (Lipinski definition) is 5. The van der Waals surface area contributed by atoms with Gasteiger partial charge in [0.25, 0.3) is 0 Å². The third-order valence-electron chi connectivity index (χ3n) is 5.76. The summed E-state index contributed by atoms with van der Waals surface area (Å²) in [6, 6.07) is 6.99. The minimum absolute atomic E-state index is 0.0382. The number of rotatable bonds is 5. The molecule has 0 spiro atoms. The first-order valence-electron chi connectivity index (χ1n) is 9.89. The number of benzene rings is 1. The summed E-state index contributed by atoms with van der Waals surface area (Å²) in [5.74, 6) is -0.366. The van der Waals surface area contributed by atoms with E-state index in [1.165, 1.54) is 12.0 Å². The first-order chi connectivity index (χ1) is 13.7. The van der Waals surface area contributed by atoms with Gasteiger partial charge in [0.15, 0.2) is 0 Å². The van der Waals surface area contributed by atoms with Crippen molar-refractivity contribution in [3.05, 3.63) is 24.3 Å². The van der Waals surface area contributed by atoms with Crippen LogP contribution in [0.15, 0.2) is 24.3 Å². The van der Waals surface area contributed by atoms with E-state index in [1.807, 2.05) is 0 Å². The number of methoxy groups -OCH3 is 1. The molecule has 1 aliphatic carbocycles. The van der Waals surface area contributed by atoms with Crippen molar-refractivity contribution in [2.24, 2.45) is 0 Å². The molecule has 2 aliphatic rings. The number of para-hydroxylation sites is 2. The van der Waals surface area contributed by atoms with E-state index in [9.17, 15) is 18.0 Å². The number of amides is 2. The van der Waals surface area contributed by atoms with Crippen LogP contribution in [0, 0.1) is 0 Å². The van der Waals surface area contributed by atoms with Crippen LogP contribution in [0.4, 0.5) is 5.69 Å². The Morgan fingerprint density at radius 2 is 1.86 bits per heavy atom. The SMILES string of the molecule is COc1ccccc1N1C(=O)CN(S(C)(=O)=O)C[C@]1(C)C(=O)NC1CCCCC1. The average molecular weight is 424 g/mol. The van der Waals surface area contributed by atoms with Gasteiger partial charge in [-0.1, -0.05) is 31.4 Å². The van der Waals surface area contributed by atoms with Gasteiger partial charge in [0.1, 0.15) is 11.3 Å². The van der Waals surface area contributed by atoms with Crippen molar-refractivity contribution < 1.29 is 22.7 Å². The van der Waals surface area contributed by atoms with Crippen LogP contribution in [0.1, 0.15) is 39.0 Å². The molecular formula is C20H29N3O5S. The van der Waals surface area contributed by atoms with Crippen molar-refractivity contribution in [1.82, 2.24) is 9.62 Å². The highest BCUT2D eigenvalue weighted by Crippen LogP contribution is 2.36. The molecule has 1 aromatic rings. The summed E-state index contributed by atoms with van der Waals surface area (Å²) in [5, 5.41) is 3.06. The highest BCUT2D eigenvalue weighted by Gasteiger charge is 2.51. The number of nitrogens with one attached hydrogen (secondary N) is 1. The largest absolute Gasteiger partial charge is 0.495 e. The fourth-order valence-electron chi connectivity index (χ4n) is 4.18. The zero-order valence-corrected chi connectivity index (χ0v) is 18.0. The predicted molar refractivity (Wildman–Crippen MR) is 110 cm³/mol. The van der Waals surface area contributed by atoms with E-state index < -0.39 is 21.5 Å². The summed E-state index contributed by atoms with van der Waals surface area (Å²) in [7, 11) is -2.15. The molecule has 0 radical (unpaired) electrons. The standard InChI is InChI=1S/C20H29N3O5S/c1-20(19(25)21-15-9-5-4-6-10-15)14-22(29(3,26)27)13-18(24)23(20)16-11-7-8-12-17(16)28-2/h7-8,11-12,15H,4-6,9-10,13-14H2,1-3H3,(H,21,25)/t20-/m1/s1. The Labute approximate surface area is 172 Å². The molecule has 1 heterocycles. The highest BCUT2D eigenvalue weighted by atomic mass is 32.2. The van der Waals surface area contributed by atoms with Gasteiger partial charge in [-0.25, -0.2) is 8.42 Å². The third kappa shape index (κ3) is 4.40. The maximum absolute atomic E-state index is 13.4. The van der Waals surface area contributed by atoms with E-state index >= 15 is 0 Å². The lowest BCUT2D eigenvalue weighted by atomic mass is 9.91. The van der Waals surface area contributed by atoms with E-state index in [-0.39, 0.29) is 25.0 Å². The number of nitrogens with zero attached hydrogens (tertiary/aromatic N) is 2. The lowest BCUT2D eigenvalue weighted by Crippen LogP contribution is -2.70. The third-order valence-corrected chi connectivity index (χ3v) is 6.96. The summed E-state index contributed by atoms with van der Waals surface area (Å²) in [6.07, 6.45) is 6.08. The highest BCUT2D eigenvalue weighted by molar-refractivity contribution is 7.88. The molecule has 160 valence electrons. The first-order valence-corrected chi connectivity index (χ1v) is 11.7. The second kappa shape index (κ2) is 8.31. The molecule has 1 N–H and O–H groups in total. The normalized spacial score (nSPS) is 24.4. The van der Waals surface area contributed by atoms with Crippen molar-refractivity contribution in [1.29, 1.82) is 0 Å². The second-order valence-corrected chi connectivity index (χ2v) is 10.00. The van der Waals surface area contributed by atoms with Gasteiger partial charge in [0.2, 0.25) is 21.8 Å². The molecule has 9 heteroatoms. The molecular weight excluding hydrogens is 394 g/mol. The summed E-state index contributed by atoms with van der Waals surface area (Å²) in [4.78, 5) is 27.9. The molecule has 1 aromatic carbocycles.